The number of halogens is 1. The Hall–Kier alpha value is -1.11. The average Bonchev–Trinajstić information content (AvgIpc) is 2.31. The maximum absolute atomic E-state index is 13.2. The molecule has 0 amide bonds. The van der Waals surface area contributed by atoms with Gasteiger partial charge in [-0.05, 0) is 29.9 Å². The second kappa shape index (κ2) is 6.00. The van der Waals surface area contributed by atoms with Gasteiger partial charge in [0.1, 0.15) is 6.10 Å². The Kier molecular flexibility index (Phi) is 4.92. The average molecular weight is 260 g/mol. The number of carbonyl (C=O) groups excluding carboxylic acids is 1. The van der Waals surface area contributed by atoms with Crippen molar-refractivity contribution in [2.24, 2.45) is 0 Å². The highest BCUT2D eigenvalue weighted by atomic mass is 32.1. The minimum absolute atomic E-state index is 0.0386. The molecule has 0 bridgehead atoms. The Morgan fingerprint density at radius 1 is 1.41 bits per heavy atom. The monoisotopic (exact) mass is 260 g/mol. The number of phenols is 1. The molecule has 6 heteroatoms. The van der Waals surface area contributed by atoms with Crippen LogP contribution >= 0.6 is 12.6 Å². The molecule has 2 atom stereocenters. The fourth-order valence-corrected chi connectivity index (χ4v) is 1.68. The van der Waals surface area contributed by atoms with Crippen molar-refractivity contribution in [3.8, 4) is 5.75 Å². The smallest absolute Gasteiger partial charge is 0.165 e. The number of carbonyl (C=O) groups is 1. The molecule has 0 aliphatic rings. The number of aldehydes is 1. The lowest BCUT2D eigenvalue weighted by molar-refractivity contribution is 0.0170. The molecule has 4 nitrogen and oxygen atoms in total. The van der Waals surface area contributed by atoms with Gasteiger partial charge in [0.2, 0.25) is 0 Å². The third-order valence-electron chi connectivity index (χ3n) is 2.37. The van der Waals surface area contributed by atoms with Gasteiger partial charge >= 0.3 is 0 Å². The number of phenolic OH excluding ortho intramolecular Hbond substituents is 1. The molecule has 1 aromatic rings. The van der Waals surface area contributed by atoms with E-state index in [0.717, 1.165) is 12.1 Å². The van der Waals surface area contributed by atoms with Crippen LogP contribution in [0.5, 0.6) is 5.75 Å². The van der Waals surface area contributed by atoms with E-state index in [2.05, 4.69) is 12.6 Å². The normalized spacial score (nSPS) is 14.4. The molecule has 0 radical (unpaired) electrons. The molecule has 0 aromatic heterocycles. The van der Waals surface area contributed by atoms with Gasteiger partial charge < -0.3 is 15.3 Å². The largest absolute Gasteiger partial charge is 0.504 e. The van der Waals surface area contributed by atoms with Crippen molar-refractivity contribution in [3.63, 3.8) is 0 Å². The molecule has 3 N–H and O–H groups in total. The van der Waals surface area contributed by atoms with Gasteiger partial charge in [0.25, 0.3) is 0 Å². The van der Waals surface area contributed by atoms with Gasteiger partial charge in [0.05, 0.1) is 11.7 Å². The maximum atomic E-state index is 13.2. The highest BCUT2D eigenvalue weighted by Crippen LogP contribution is 2.27. The SMILES string of the molecule is O=Cc1cc(C(O)C(O)CCS)cc(F)c1O. The molecule has 1 rings (SSSR count). The van der Waals surface area contributed by atoms with Crippen molar-refractivity contribution in [3.05, 3.63) is 29.1 Å². The van der Waals surface area contributed by atoms with E-state index < -0.39 is 23.8 Å². The zero-order chi connectivity index (χ0) is 13.0. The first kappa shape index (κ1) is 14.0. The Morgan fingerprint density at radius 3 is 2.59 bits per heavy atom. The molecule has 17 heavy (non-hydrogen) atoms. The van der Waals surface area contributed by atoms with E-state index in [1.165, 1.54) is 0 Å². The number of aliphatic hydroxyl groups is 2. The van der Waals surface area contributed by atoms with Crippen LogP contribution in [-0.4, -0.2) is 33.5 Å². The van der Waals surface area contributed by atoms with E-state index in [1.807, 2.05) is 0 Å². The first-order valence-electron chi connectivity index (χ1n) is 4.95. The summed E-state index contributed by atoms with van der Waals surface area (Å²) < 4.78 is 13.2. The molecule has 94 valence electrons. The van der Waals surface area contributed by atoms with E-state index >= 15 is 0 Å². The summed E-state index contributed by atoms with van der Waals surface area (Å²) in [6.45, 7) is 0. The molecule has 0 spiro atoms. The van der Waals surface area contributed by atoms with Crippen LogP contribution in [-0.2, 0) is 0 Å². The van der Waals surface area contributed by atoms with Crippen LogP contribution in [0.1, 0.15) is 28.4 Å². The van der Waals surface area contributed by atoms with E-state index in [-0.39, 0.29) is 23.8 Å². The number of thiol groups is 1. The Balaban J connectivity index is 3.06. The van der Waals surface area contributed by atoms with Crippen LogP contribution in [0.4, 0.5) is 4.39 Å². The van der Waals surface area contributed by atoms with Crippen LogP contribution in [0.25, 0.3) is 0 Å². The third kappa shape index (κ3) is 3.18. The molecule has 1 aromatic carbocycles. The minimum Gasteiger partial charge on any atom is -0.504 e. The summed E-state index contributed by atoms with van der Waals surface area (Å²) in [6, 6.07) is 2.02. The summed E-state index contributed by atoms with van der Waals surface area (Å²) in [5.74, 6) is -1.42. The van der Waals surface area contributed by atoms with Crippen LogP contribution in [0.3, 0.4) is 0 Å². The second-order valence-electron chi connectivity index (χ2n) is 3.58. The molecule has 0 aliphatic heterocycles. The van der Waals surface area contributed by atoms with Gasteiger partial charge in [-0.15, -0.1) is 0 Å². The summed E-state index contributed by atoms with van der Waals surface area (Å²) in [5.41, 5.74) is -0.228. The Labute approximate surface area is 103 Å². The molecular formula is C11H13FO4S. The number of hydrogen-bond acceptors (Lipinski definition) is 5. The third-order valence-corrected chi connectivity index (χ3v) is 2.63. The fraction of sp³-hybridized carbons (Fsp3) is 0.364. The second-order valence-corrected chi connectivity index (χ2v) is 4.03. The van der Waals surface area contributed by atoms with Crippen LogP contribution in [0, 0.1) is 5.82 Å². The van der Waals surface area contributed by atoms with E-state index in [4.69, 9.17) is 0 Å². The molecule has 0 fully saturated rings. The molecule has 2 unspecified atom stereocenters. The van der Waals surface area contributed by atoms with Crippen molar-refractivity contribution >= 4 is 18.9 Å². The number of rotatable bonds is 5. The van der Waals surface area contributed by atoms with Gasteiger partial charge in [-0.25, -0.2) is 4.39 Å². The van der Waals surface area contributed by atoms with E-state index in [1.54, 1.807) is 0 Å². The zero-order valence-corrected chi connectivity index (χ0v) is 9.77. The highest BCUT2D eigenvalue weighted by Gasteiger charge is 2.20. The quantitative estimate of drug-likeness (QED) is 0.471. The molecule has 0 heterocycles. The van der Waals surface area contributed by atoms with Gasteiger partial charge in [-0.1, -0.05) is 0 Å². The van der Waals surface area contributed by atoms with Crippen molar-refractivity contribution in [2.45, 2.75) is 18.6 Å². The van der Waals surface area contributed by atoms with Gasteiger partial charge in [-0.3, -0.25) is 4.79 Å². The lowest BCUT2D eigenvalue weighted by Crippen LogP contribution is -2.19. The van der Waals surface area contributed by atoms with Crippen LogP contribution in [0.2, 0.25) is 0 Å². The van der Waals surface area contributed by atoms with Crippen molar-refractivity contribution in [1.29, 1.82) is 0 Å². The first-order valence-corrected chi connectivity index (χ1v) is 5.59. The predicted molar refractivity (Wildman–Crippen MR) is 62.9 cm³/mol. The number of benzene rings is 1. The van der Waals surface area contributed by atoms with Crippen LogP contribution in [0.15, 0.2) is 12.1 Å². The highest BCUT2D eigenvalue weighted by molar-refractivity contribution is 7.80. The molecule has 0 saturated heterocycles. The summed E-state index contributed by atoms with van der Waals surface area (Å²) in [6.07, 6.45) is -1.92. The lowest BCUT2D eigenvalue weighted by Gasteiger charge is -2.18. The van der Waals surface area contributed by atoms with E-state index in [9.17, 15) is 24.5 Å². The summed E-state index contributed by atoms with van der Waals surface area (Å²) in [4.78, 5) is 10.6. The minimum atomic E-state index is -1.32. The zero-order valence-electron chi connectivity index (χ0n) is 8.88. The van der Waals surface area contributed by atoms with Crippen molar-refractivity contribution in [2.75, 3.05) is 5.75 Å². The lowest BCUT2D eigenvalue weighted by atomic mass is 10.00. The molecular weight excluding hydrogens is 247 g/mol. The van der Waals surface area contributed by atoms with Crippen molar-refractivity contribution in [1.82, 2.24) is 0 Å². The summed E-state index contributed by atoms with van der Waals surface area (Å²) in [5, 5.41) is 28.4. The Morgan fingerprint density at radius 2 is 2.06 bits per heavy atom. The number of aliphatic hydroxyl groups excluding tert-OH is 2. The van der Waals surface area contributed by atoms with Crippen molar-refractivity contribution < 1.29 is 24.5 Å². The van der Waals surface area contributed by atoms with Gasteiger partial charge in [0, 0.05) is 0 Å². The van der Waals surface area contributed by atoms with Crippen LogP contribution < -0.4 is 0 Å². The first-order chi connectivity index (χ1) is 8.01. The molecule has 0 saturated carbocycles. The fourth-order valence-electron chi connectivity index (χ4n) is 1.42. The topological polar surface area (TPSA) is 77.8 Å². The Bertz CT molecular complexity index is 411. The number of aromatic hydroxyl groups is 1. The standard InChI is InChI=1S/C11H13FO4S/c12-8-4-6(3-7(5-13)10(8)15)11(16)9(14)1-2-17/h3-5,9,11,14-17H,1-2H2. The van der Waals surface area contributed by atoms with E-state index in [0.29, 0.717) is 5.75 Å². The summed E-state index contributed by atoms with van der Waals surface area (Å²) >= 11 is 3.90. The van der Waals surface area contributed by atoms with Gasteiger partial charge in [0.15, 0.2) is 17.9 Å². The number of hydrogen-bond donors (Lipinski definition) is 4. The van der Waals surface area contributed by atoms with Gasteiger partial charge in [-0.2, -0.15) is 12.6 Å². The maximum Gasteiger partial charge on any atom is 0.165 e. The molecule has 0 aliphatic carbocycles. The summed E-state index contributed by atoms with van der Waals surface area (Å²) in [7, 11) is 0. The predicted octanol–water partition coefficient (Wildman–Crippen LogP) is 1.06.